The Labute approximate surface area is 135 Å². The number of fused-ring (bicyclic) bond motifs is 1. The summed E-state index contributed by atoms with van der Waals surface area (Å²) in [5.74, 6) is 0. The quantitative estimate of drug-likeness (QED) is 0.530. The van der Waals surface area contributed by atoms with E-state index in [9.17, 15) is 34.8 Å². The Hall–Kier alpha value is -1.20. The molecule has 0 fully saturated rings. The second-order valence-electron chi connectivity index (χ2n) is 4.95. The Balaban J connectivity index is 2.75. The molecule has 3 nitrogen and oxygen atoms in total. The van der Waals surface area contributed by atoms with E-state index in [4.69, 9.17) is 0 Å². The Kier molecular flexibility index (Phi) is 4.52. The van der Waals surface area contributed by atoms with Gasteiger partial charge in [0.25, 0.3) is 0 Å². The largest absolute Gasteiger partial charge is 0.523 e. The van der Waals surface area contributed by atoms with E-state index >= 15 is 0 Å². The molecule has 0 amide bonds. The number of alkyl halides is 6. The summed E-state index contributed by atoms with van der Waals surface area (Å²) >= 11 is 0. The van der Waals surface area contributed by atoms with Crippen LogP contribution in [-0.2, 0) is 20.2 Å². The van der Waals surface area contributed by atoms with Gasteiger partial charge < -0.3 is 0 Å². The molecule has 1 aliphatic rings. The molecule has 1 aromatic carbocycles. The zero-order chi connectivity index (χ0) is 18.6. The van der Waals surface area contributed by atoms with Gasteiger partial charge in [-0.05, 0) is 36.6 Å². The maximum atomic E-state index is 13.7. The van der Waals surface area contributed by atoms with Crippen molar-refractivity contribution in [3.63, 3.8) is 0 Å². The van der Waals surface area contributed by atoms with Crippen molar-refractivity contribution >= 4 is 26.5 Å². The number of hydrogen-bond acceptors (Lipinski definition) is 3. The minimum absolute atomic E-state index is 0.00519. The molecule has 0 N–H and O–H groups in total. The molecule has 136 valence electrons. The molecule has 0 spiro atoms. The van der Waals surface area contributed by atoms with Crippen LogP contribution in [-0.4, -0.2) is 19.4 Å². The van der Waals surface area contributed by atoms with Crippen molar-refractivity contribution in [3.8, 4) is 0 Å². The molecule has 0 saturated carbocycles. The zero-order valence-electron chi connectivity index (χ0n) is 12.3. The van der Waals surface area contributed by atoms with E-state index < -0.39 is 41.2 Å². The third-order valence-corrected chi connectivity index (χ3v) is 8.16. The van der Waals surface area contributed by atoms with Crippen LogP contribution < -0.4 is 0 Å². The molecule has 0 radical (unpaired) electrons. The molecule has 0 aromatic heterocycles. The van der Waals surface area contributed by atoms with E-state index in [1.807, 2.05) is 0 Å². The second-order valence-corrected chi connectivity index (χ2v) is 9.53. The van der Waals surface area contributed by atoms with Crippen LogP contribution in [0.15, 0.2) is 28.0 Å². The Morgan fingerprint density at radius 3 is 2.17 bits per heavy atom. The molecular weight excluding hydrogens is 382 g/mol. The third kappa shape index (κ3) is 2.82. The van der Waals surface area contributed by atoms with Crippen molar-refractivity contribution in [2.24, 2.45) is 0 Å². The first kappa shape index (κ1) is 19.1. The maximum absolute atomic E-state index is 13.7. The average molecular weight is 394 g/mol. The number of rotatable bonds is 3. The molecule has 2 rings (SSSR count). The zero-order valence-corrected chi connectivity index (χ0v) is 14.0. The lowest BCUT2D eigenvalue weighted by Crippen LogP contribution is -2.32. The molecular formula is C13H12F6O3S2. The highest BCUT2D eigenvalue weighted by atomic mass is 32.3. The highest BCUT2D eigenvalue weighted by Crippen LogP contribution is 2.77. The van der Waals surface area contributed by atoms with Crippen molar-refractivity contribution in [1.29, 1.82) is 0 Å². The van der Waals surface area contributed by atoms with Gasteiger partial charge in [-0.3, -0.25) is 0 Å². The molecule has 1 unspecified atom stereocenters. The van der Waals surface area contributed by atoms with Crippen molar-refractivity contribution in [2.75, 3.05) is 0 Å². The molecule has 0 saturated heterocycles. The number of aryl methyl sites for hydroxylation is 1. The number of halogens is 6. The molecule has 1 aromatic rings. The number of hydrogen-bond donors (Lipinski definition) is 0. The first-order valence-electron chi connectivity index (χ1n) is 6.49. The van der Waals surface area contributed by atoms with Crippen molar-refractivity contribution in [2.45, 2.75) is 36.2 Å². The lowest BCUT2D eigenvalue weighted by atomic mass is 10.1. The van der Waals surface area contributed by atoms with Gasteiger partial charge in [0.1, 0.15) is 0 Å². The topological polar surface area (TPSA) is 43.4 Å². The maximum Gasteiger partial charge on any atom is 0.523 e. The van der Waals surface area contributed by atoms with Crippen LogP contribution in [0, 0.1) is 0 Å². The van der Waals surface area contributed by atoms with Crippen LogP contribution >= 0.6 is 10.3 Å². The van der Waals surface area contributed by atoms with Crippen LogP contribution in [0.2, 0.25) is 0 Å². The summed E-state index contributed by atoms with van der Waals surface area (Å²) < 4.78 is 106. The predicted octanol–water partition coefficient (Wildman–Crippen LogP) is 5.09. The summed E-state index contributed by atoms with van der Waals surface area (Å²) in [6, 6.07) is 3.88. The van der Waals surface area contributed by atoms with Gasteiger partial charge >= 0.3 is 21.1 Å². The summed E-state index contributed by atoms with van der Waals surface area (Å²) in [4.78, 5) is -1.19. The van der Waals surface area contributed by atoms with E-state index in [1.165, 1.54) is 12.1 Å². The SMILES string of the molecule is CCc1ccc2c(c1)S(OS(=O)(=O)C(F)(F)F)(C(F)(F)F)C(C)=C2. The average Bonchev–Trinajstić information content (AvgIpc) is 2.69. The van der Waals surface area contributed by atoms with Crippen LogP contribution in [0.5, 0.6) is 0 Å². The van der Waals surface area contributed by atoms with Crippen LogP contribution in [0.3, 0.4) is 0 Å². The fourth-order valence-corrected chi connectivity index (χ4v) is 6.70. The fraction of sp³-hybridized carbons (Fsp3) is 0.385. The summed E-state index contributed by atoms with van der Waals surface area (Å²) in [5, 5.41) is 0. The van der Waals surface area contributed by atoms with Gasteiger partial charge in [0.2, 0.25) is 0 Å². The van der Waals surface area contributed by atoms with Gasteiger partial charge in [-0.1, -0.05) is 19.1 Å². The van der Waals surface area contributed by atoms with Gasteiger partial charge in [-0.25, -0.2) is 0 Å². The van der Waals surface area contributed by atoms with Crippen LogP contribution in [0.1, 0.15) is 25.0 Å². The lowest BCUT2D eigenvalue weighted by Gasteiger charge is -2.38. The minimum Gasteiger partial charge on any atom is -0.196 e. The lowest BCUT2D eigenvalue weighted by molar-refractivity contribution is -0.0546. The molecule has 11 heteroatoms. The van der Waals surface area contributed by atoms with Gasteiger partial charge in [0, 0.05) is 20.1 Å². The van der Waals surface area contributed by atoms with Crippen molar-refractivity contribution in [1.82, 2.24) is 0 Å². The van der Waals surface area contributed by atoms with Gasteiger partial charge in [0.15, 0.2) is 0 Å². The number of benzene rings is 1. The van der Waals surface area contributed by atoms with Gasteiger partial charge in [-0.2, -0.15) is 38.4 Å². The first-order chi connectivity index (χ1) is 10.8. The molecule has 0 aliphatic carbocycles. The molecule has 0 bridgehead atoms. The van der Waals surface area contributed by atoms with Gasteiger partial charge in [-0.15, -0.1) is 0 Å². The standard InChI is InChI=1S/C13H12F6O3S2/c1-3-9-4-5-10-6-8(2)23(11(10)7-9,12(14,15)16)22-24(20,21)13(17,18)19/h4-7H,3H2,1-2H3. The minimum atomic E-state index is -6.44. The third-order valence-electron chi connectivity index (χ3n) is 3.41. The van der Waals surface area contributed by atoms with Gasteiger partial charge in [0.05, 0.1) is 0 Å². The summed E-state index contributed by atoms with van der Waals surface area (Å²) in [6.45, 7) is 2.56. The summed E-state index contributed by atoms with van der Waals surface area (Å²) in [6.07, 6.45) is 1.33. The normalized spacial score (nSPS) is 24.2. The Morgan fingerprint density at radius 1 is 1.12 bits per heavy atom. The van der Waals surface area contributed by atoms with E-state index in [0.29, 0.717) is 12.0 Å². The van der Waals surface area contributed by atoms with Crippen molar-refractivity contribution in [3.05, 3.63) is 34.2 Å². The monoisotopic (exact) mass is 394 g/mol. The second kappa shape index (κ2) is 5.67. The Bertz CT molecular complexity index is 795. The predicted molar refractivity (Wildman–Crippen MR) is 77.4 cm³/mol. The smallest absolute Gasteiger partial charge is 0.196 e. The molecule has 1 aliphatic heterocycles. The summed E-state index contributed by atoms with van der Waals surface area (Å²) in [7, 11) is -11.3. The fourth-order valence-electron chi connectivity index (χ4n) is 2.25. The molecule has 1 atom stereocenters. The van der Waals surface area contributed by atoms with E-state index in [0.717, 1.165) is 19.1 Å². The highest BCUT2D eigenvalue weighted by Gasteiger charge is 2.63. The Morgan fingerprint density at radius 2 is 1.71 bits per heavy atom. The van der Waals surface area contributed by atoms with Crippen LogP contribution in [0.4, 0.5) is 26.3 Å². The molecule has 24 heavy (non-hydrogen) atoms. The van der Waals surface area contributed by atoms with E-state index in [-0.39, 0.29) is 5.56 Å². The summed E-state index contributed by atoms with van der Waals surface area (Å²) in [5.41, 5.74) is -10.9. The van der Waals surface area contributed by atoms with E-state index in [2.05, 4.69) is 3.63 Å². The van der Waals surface area contributed by atoms with Crippen LogP contribution in [0.25, 0.3) is 6.08 Å². The highest BCUT2D eigenvalue weighted by molar-refractivity contribution is 8.36. The molecule has 1 heterocycles. The first-order valence-corrected chi connectivity index (χ1v) is 9.46. The van der Waals surface area contributed by atoms with Crippen molar-refractivity contribution < 1.29 is 38.4 Å². The number of allylic oxidation sites excluding steroid dienone is 1. The van der Waals surface area contributed by atoms with E-state index in [1.54, 1.807) is 6.92 Å².